The molecule has 12 heavy (non-hydrogen) atoms. The first-order valence-corrected chi connectivity index (χ1v) is 4.25. The molecule has 4 nitrogen and oxygen atoms in total. The third-order valence-electron chi connectivity index (χ3n) is 1.35. The topological polar surface area (TPSA) is 60.6 Å². The van der Waals surface area contributed by atoms with Crippen LogP contribution in [0.4, 0.5) is 5.69 Å². The molecule has 1 unspecified atom stereocenters. The van der Waals surface area contributed by atoms with Crippen molar-refractivity contribution in [3.63, 3.8) is 0 Å². The van der Waals surface area contributed by atoms with E-state index in [0.717, 1.165) is 0 Å². The average molecular weight is 253 g/mol. The molecule has 0 spiro atoms. The first-order chi connectivity index (χ1) is 5.52. The van der Waals surface area contributed by atoms with Crippen LogP contribution in [-0.4, -0.2) is 10.2 Å². The number of hydrogen-bond donors (Lipinski definition) is 2. The van der Waals surface area contributed by atoms with Crippen molar-refractivity contribution < 1.29 is 10.4 Å². The number of rotatable bonds is 1. The Labute approximate surface area is 82.4 Å². The molecule has 1 aromatic rings. The van der Waals surface area contributed by atoms with Gasteiger partial charge in [-0.1, -0.05) is 11.6 Å². The average Bonchev–Trinajstić information content (AvgIpc) is 1.96. The van der Waals surface area contributed by atoms with E-state index >= 15 is 0 Å². The highest BCUT2D eigenvalue weighted by molar-refractivity contribution is 9.10. The molecule has 0 saturated heterocycles. The molecule has 1 atom stereocenters. The van der Waals surface area contributed by atoms with Gasteiger partial charge in [0, 0.05) is 6.07 Å². The summed E-state index contributed by atoms with van der Waals surface area (Å²) < 4.78 is 0.493. The molecule has 0 aliphatic rings. The smallest absolute Gasteiger partial charge is 0.186 e. The molecule has 0 bridgehead atoms. The van der Waals surface area contributed by atoms with Gasteiger partial charge in [0.05, 0.1) is 4.47 Å². The minimum absolute atomic E-state index is 0.159. The second kappa shape index (κ2) is 3.68. The first kappa shape index (κ1) is 9.88. The van der Waals surface area contributed by atoms with Crippen LogP contribution in [0.3, 0.4) is 0 Å². The maximum atomic E-state index is 10.6. The summed E-state index contributed by atoms with van der Waals surface area (Å²) in [6, 6.07) is 1.44. The van der Waals surface area contributed by atoms with Crippen LogP contribution >= 0.6 is 27.5 Å². The van der Waals surface area contributed by atoms with Crippen molar-refractivity contribution in [2.45, 2.75) is 6.92 Å². The van der Waals surface area contributed by atoms with E-state index in [9.17, 15) is 5.21 Å². The van der Waals surface area contributed by atoms with E-state index in [4.69, 9.17) is 16.8 Å². The molecule has 0 aliphatic carbocycles. The lowest BCUT2D eigenvalue weighted by Gasteiger charge is -2.13. The molecule has 0 aliphatic heterocycles. The molecular weight excluding hydrogens is 247 g/mol. The van der Waals surface area contributed by atoms with E-state index in [-0.39, 0.29) is 10.8 Å². The van der Waals surface area contributed by atoms with E-state index in [1.54, 1.807) is 6.92 Å². The quantitative estimate of drug-likeness (QED) is 0.584. The van der Waals surface area contributed by atoms with Crippen molar-refractivity contribution in [2.75, 3.05) is 0 Å². The van der Waals surface area contributed by atoms with Crippen molar-refractivity contribution in [3.8, 4) is 0 Å². The van der Waals surface area contributed by atoms with Gasteiger partial charge in [0.15, 0.2) is 5.69 Å². The van der Waals surface area contributed by atoms with Crippen molar-refractivity contribution >= 4 is 33.2 Å². The van der Waals surface area contributed by atoms with Crippen LogP contribution < -0.4 is 5.23 Å². The fourth-order valence-electron chi connectivity index (χ4n) is 0.768. The number of nitrogens with zero attached hydrogens (tertiary/aromatic N) is 1. The Morgan fingerprint density at radius 2 is 2.33 bits per heavy atom. The Bertz CT molecular complexity index is 306. The zero-order chi connectivity index (χ0) is 9.30. The van der Waals surface area contributed by atoms with E-state index < -0.39 is 5.23 Å². The zero-order valence-electron chi connectivity index (χ0n) is 6.14. The van der Waals surface area contributed by atoms with Crippen LogP contribution in [0.15, 0.2) is 10.5 Å². The highest BCUT2D eigenvalue weighted by Gasteiger charge is 2.10. The fourth-order valence-corrected chi connectivity index (χ4v) is 1.27. The van der Waals surface area contributed by atoms with Crippen LogP contribution in [0.1, 0.15) is 5.69 Å². The number of nitrogens with one attached hydrogen (secondary N) is 1. The molecule has 6 heteroatoms. The summed E-state index contributed by atoms with van der Waals surface area (Å²) in [5.74, 6) is 0. The minimum Gasteiger partial charge on any atom is -0.595 e. The van der Waals surface area contributed by atoms with Crippen molar-refractivity contribution in [1.82, 2.24) is 4.98 Å². The van der Waals surface area contributed by atoms with Gasteiger partial charge in [0.25, 0.3) is 0 Å². The molecular formula is C6H6BrClN2O2. The molecule has 0 saturated carbocycles. The van der Waals surface area contributed by atoms with E-state index in [1.165, 1.54) is 6.07 Å². The van der Waals surface area contributed by atoms with E-state index in [2.05, 4.69) is 20.9 Å². The molecule has 1 aromatic heterocycles. The zero-order valence-corrected chi connectivity index (χ0v) is 8.48. The fraction of sp³-hybridized carbons (Fsp3) is 0.167. The van der Waals surface area contributed by atoms with Crippen LogP contribution in [0.2, 0.25) is 5.15 Å². The third kappa shape index (κ3) is 1.94. The Balaban J connectivity index is 3.23. The Hall–Kier alpha value is -0.200. The van der Waals surface area contributed by atoms with E-state index in [0.29, 0.717) is 10.2 Å². The predicted molar refractivity (Wildman–Crippen MR) is 47.5 cm³/mol. The summed E-state index contributed by atoms with van der Waals surface area (Å²) in [6.45, 7) is 1.60. The maximum Gasteiger partial charge on any atom is 0.186 e. The van der Waals surface area contributed by atoms with Crippen molar-refractivity contribution in [1.29, 1.82) is 0 Å². The molecule has 0 radical (unpaired) electrons. The molecule has 1 rings (SSSR count). The SMILES string of the molecule is Cc1nc(Cl)c(Br)cc1[NH+]([O-])O. The monoisotopic (exact) mass is 252 g/mol. The van der Waals surface area contributed by atoms with Crippen LogP contribution in [0.5, 0.6) is 0 Å². The number of aromatic nitrogens is 1. The molecule has 66 valence electrons. The second-order valence-electron chi connectivity index (χ2n) is 2.20. The van der Waals surface area contributed by atoms with Crippen molar-refractivity contribution in [2.24, 2.45) is 0 Å². The van der Waals surface area contributed by atoms with Gasteiger partial charge in [0.1, 0.15) is 10.8 Å². The Kier molecular flexibility index (Phi) is 3.03. The molecule has 1 heterocycles. The van der Waals surface area contributed by atoms with Gasteiger partial charge >= 0.3 is 0 Å². The molecule has 0 fully saturated rings. The number of quaternary nitrogens is 1. The number of aryl methyl sites for hydroxylation is 1. The number of hydrogen-bond acceptors (Lipinski definition) is 3. The van der Waals surface area contributed by atoms with Crippen LogP contribution in [-0.2, 0) is 0 Å². The summed E-state index contributed by atoms with van der Waals surface area (Å²) in [5.41, 5.74) is 0.571. The third-order valence-corrected chi connectivity index (χ3v) is 2.48. The lowest BCUT2D eigenvalue weighted by Crippen LogP contribution is -2.99. The number of pyridine rings is 1. The maximum absolute atomic E-state index is 10.6. The highest BCUT2D eigenvalue weighted by atomic mass is 79.9. The summed E-state index contributed by atoms with van der Waals surface area (Å²) >= 11 is 8.73. The lowest BCUT2D eigenvalue weighted by atomic mass is 10.3. The van der Waals surface area contributed by atoms with Gasteiger partial charge in [-0.05, 0) is 22.9 Å². The van der Waals surface area contributed by atoms with Gasteiger partial charge in [0.2, 0.25) is 0 Å². The molecule has 2 N–H and O–H groups in total. The summed E-state index contributed by atoms with van der Waals surface area (Å²) in [4.78, 5) is 3.83. The lowest BCUT2D eigenvalue weighted by molar-refractivity contribution is -0.991. The van der Waals surface area contributed by atoms with Crippen molar-refractivity contribution in [3.05, 3.63) is 26.6 Å². The first-order valence-electron chi connectivity index (χ1n) is 3.08. The second-order valence-corrected chi connectivity index (χ2v) is 3.41. The van der Waals surface area contributed by atoms with E-state index in [1.807, 2.05) is 0 Å². The van der Waals surface area contributed by atoms with Gasteiger partial charge in [-0.15, -0.1) is 0 Å². The minimum atomic E-state index is -1.00. The van der Waals surface area contributed by atoms with Gasteiger partial charge < -0.3 is 5.21 Å². The van der Waals surface area contributed by atoms with Gasteiger partial charge in [-0.2, -0.15) is 5.23 Å². The van der Waals surface area contributed by atoms with Gasteiger partial charge in [-0.3, -0.25) is 0 Å². The predicted octanol–water partition coefficient (Wildman–Crippen LogP) is 1.21. The molecule has 0 aromatic carbocycles. The molecule has 0 amide bonds. The summed E-state index contributed by atoms with van der Waals surface area (Å²) in [7, 11) is 0. The largest absolute Gasteiger partial charge is 0.595 e. The highest BCUT2D eigenvalue weighted by Crippen LogP contribution is 2.23. The standard InChI is InChI=1S/C6H6BrClN2O2/c1-3-5(10(11)12)2-4(7)6(8)9-3/h2,10-11H,1H3. The number of halogens is 2. The summed E-state index contributed by atoms with van der Waals surface area (Å²) in [6.07, 6.45) is 0. The summed E-state index contributed by atoms with van der Waals surface area (Å²) in [5, 5.41) is 18.5. The van der Waals surface area contributed by atoms with Crippen LogP contribution in [0, 0.1) is 12.1 Å². The van der Waals surface area contributed by atoms with Gasteiger partial charge in [-0.25, -0.2) is 10.2 Å². The Morgan fingerprint density at radius 3 is 2.83 bits per heavy atom. The Morgan fingerprint density at radius 1 is 1.75 bits per heavy atom. The van der Waals surface area contributed by atoms with Crippen LogP contribution in [0.25, 0.3) is 0 Å². The normalized spacial score (nSPS) is 13.1.